The van der Waals surface area contributed by atoms with Crippen LogP contribution in [0, 0.1) is 0 Å². The van der Waals surface area contributed by atoms with Crippen molar-refractivity contribution in [3.05, 3.63) is 71.8 Å². The highest BCUT2D eigenvalue weighted by Gasteiger charge is 2.40. The molecule has 0 aromatic heterocycles. The molecule has 2 heterocycles. The smallest absolute Gasteiger partial charge is 0.410 e. The van der Waals surface area contributed by atoms with Gasteiger partial charge >= 0.3 is 6.09 Å². The van der Waals surface area contributed by atoms with Crippen LogP contribution in [0.3, 0.4) is 0 Å². The predicted octanol–water partition coefficient (Wildman–Crippen LogP) is 4.23. The minimum Gasteiger partial charge on any atom is -0.445 e. The Bertz CT molecular complexity index is 801. The molecule has 4 heteroatoms. The lowest BCUT2D eigenvalue weighted by Crippen LogP contribution is -2.43. The van der Waals surface area contributed by atoms with Gasteiger partial charge in [-0.3, -0.25) is 4.90 Å². The molecule has 2 bridgehead atoms. The van der Waals surface area contributed by atoms with Gasteiger partial charge in [0.15, 0.2) is 0 Å². The van der Waals surface area contributed by atoms with E-state index in [0.717, 1.165) is 36.1 Å². The van der Waals surface area contributed by atoms with Gasteiger partial charge in [0.05, 0.1) is 6.04 Å². The first-order valence-corrected chi connectivity index (χ1v) is 8.77. The zero-order valence-corrected chi connectivity index (χ0v) is 14.1. The average Bonchev–Trinajstić information content (AvgIpc) is 2.91. The van der Waals surface area contributed by atoms with Crippen LogP contribution in [-0.2, 0) is 11.3 Å². The molecular weight excluding hydrogens is 312 g/mol. The maximum absolute atomic E-state index is 12.6. The van der Waals surface area contributed by atoms with Gasteiger partial charge in [-0.15, -0.1) is 0 Å². The number of para-hydroxylation sites is 1. The predicted molar refractivity (Wildman–Crippen MR) is 98.7 cm³/mol. The third-order valence-corrected chi connectivity index (χ3v) is 5.12. The Labute approximate surface area is 147 Å². The van der Waals surface area contributed by atoms with Crippen molar-refractivity contribution in [1.82, 2.24) is 4.90 Å². The molecular formula is C21H22N2O2. The van der Waals surface area contributed by atoms with Crippen molar-refractivity contribution >= 4 is 17.4 Å². The van der Waals surface area contributed by atoms with E-state index in [1.54, 1.807) is 0 Å². The number of amides is 1. The molecule has 2 unspecified atom stereocenters. The summed E-state index contributed by atoms with van der Waals surface area (Å²) in [7, 11) is 0. The quantitative estimate of drug-likeness (QED) is 0.855. The minimum absolute atomic E-state index is 0.108. The van der Waals surface area contributed by atoms with Crippen LogP contribution in [0.4, 0.5) is 10.5 Å². The molecule has 2 aromatic rings. The fourth-order valence-corrected chi connectivity index (χ4v) is 3.90. The molecule has 128 valence electrons. The van der Waals surface area contributed by atoms with Crippen LogP contribution in [0.15, 0.2) is 60.7 Å². The molecule has 2 aromatic carbocycles. The van der Waals surface area contributed by atoms with Crippen LogP contribution in [0.2, 0.25) is 0 Å². The van der Waals surface area contributed by atoms with E-state index >= 15 is 0 Å². The Morgan fingerprint density at radius 3 is 2.60 bits per heavy atom. The van der Waals surface area contributed by atoms with Crippen molar-refractivity contribution in [2.45, 2.75) is 38.0 Å². The second-order valence-electron chi connectivity index (χ2n) is 6.73. The van der Waals surface area contributed by atoms with E-state index < -0.39 is 0 Å². The number of rotatable bonds is 3. The zero-order valence-electron chi connectivity index (χ0n) is 14.1. The molecule has 0 spiro atoms. The zero-order chi connectivity index (χ0) is 17.2. The number of anilines is 1. The maximum Gasteiger partial charge on any atom is 0.410 e. The summed E-state index contributed by atoms with van der Waals surface area (Å²) in [6.07, 6.45) is 4.82. The number of carbonyl (C=O) groups is 1. The number of benzene rings is 2. The van der Waals surface area contributed by atoms with Crippen molar-refractivity contribution in [2.24, 2.45) is 0 Å². The van der Waals surface area contributed by atoms with E-state index in [9.17, 15) is 4.79 Å². The number of nitrogens with two attached hydrogens (primary N) is 1. The van der Waals surface area contributed by atoms with Gasteiger partial charge < -0.3 is 10.5 Å². The summed E-state index contributed by atoms with van der Waals surface area (Å²) in [5.41, 5.74) is 10.3. The lowest BCUT2D eigenvalue weighted by Gasteiger charge is -2.33. The molecule has 2 N–H and O–H groups in total. The fourth-order valence-electron chi connectivity index (χ4n) is 3.90. The Balaban J connectivity index is 1.48. The Morgan fingerprint density at radius 1 is 1.08 bits per heavy atom. The van der Waals surface area contributed by atoms with Crippen LogP contribution in [0.25, 0.3) is 5.57 Å². The van der Waals surface area contributed by atoms with Crippen LogP contribution in [0.1, 0.15) is 30.4 Å². The first-order chi connectivity index (χ1) is 12.2. The number of fused-ring (bicyclic) bond motifs is 2. The van der Waals surface area contributed by atoms with Gasteiger partial charge in [0.2, 0.25) is 0 Å². The SMILES string of the molecule is Nc1ccccc1C1=CC2CCC(C1)N2C(=O)OCc1ccccc1. The number of hydrogen-bond donors (Lipinski definition) is 1. The van der Waals surface area contributed by atoms with E-state index in [2.05, 4.69) is 12.1 Å². The molecule has 4 rings (SSSR count). The van der Waals surface area contributed by atoms with Gasteiger partial charge in [0, 0.05) is 17.3 Å². The van der Waals surface area contributed by atoms with Crippen LogP contribution < -0.4 is 5.73 Å². The highest BCUT2D eigenvalue weighted by molar-refractivity contribution is 5.79. The number of nitrogen functional groups attached to an aromatic ring is 1. The fraction of sp³-hybridized carbons (Fsp3) is 0.286. The summed E-state index contributed by atoms with van der Waals surface area (Å²) >= 11 is 0. The average molecular weight is 334 g/mol. The van der Waals surface area contributed by atoms with E-state index in [1.807, 2.05) is 53.4 Å². The summed E-state index contributed by atoms with van der Waals surface area (Å²) in [5.74, 6) is 0. The number of carbonyl (C=O) groups excluding carboxylic acids is 1. The summed E-state index contributed by atoms with van der Waals surface area (Å²) in [6, 6.07) is 18.0. The molecule has 4 nitrogen and oxygen atoms in total. The summed E-state index contributed by atoms with van der Waals surface area (Å²) in [6.45, 7) is 0.317. The van der Waals surface area contributed by atoms with Gasteiger partial charge in [0.1, 0.15) is 6.61 Å². The second kappa shape index (κ2) is 6.63. The van der Waals surface area contributed by atoms with Gasteiger partial charge in [-0.05, 0) is 36.5 Å². The largest absolute Gasteiger partial charge is 0.445 e. The molecule has 2 atom stereocenters. The van der Waals surface area contributed by atoms with Crippen molar-refractivity contribution in [2.75, 3.05) is 5.73 Å². The molecule has 2 aliphatic heterocycles. The van der Waals surface area contributed by atoms with Crippen molar-refractivity contribution in [3.63, 3.8) is 0 Å². The molecule has 0 aliphatic carbocycles. The first kappa shape index (κ1) is 15.8. The first-order valence-electron chi connectivity index (χ1n) is 8.77. The molecule has 1 amide bonds. The third-order valence-electron chi connectivity index (χ3n) is 5.12. The van der Waals surface area contributed by atoms with Crippen molar-refractivity contribution in [1.29, 1.82) is 0 Å². The highest BCUT2D eigenvalue weighted by atomic mass is 16.6. The lowest BCUT2D eigenvalue weighted by atomic mass is 9.94. The highest BCUT2D eigenvalue weighted by Crippen LogP contribution is 2.40. The monoisotopic (exact) mass is 334 g/mol. The van der Waals surface area contributed by atoms with Gasteiger partial charge in [-0.1, -0.05) is 54.6 Å². The van der Waals surface area contributed by atoms with E-state index in [1.165, 1.54) is 5.57 Å². The van der Waals surface area contributed by atoms with Crippen LogP contribution >= 0.6 is 0 Å². The molecule has 1 fully saturated rings. The summed E-state index contributed by atoms with van der Waals surface area (Å²) in [5, 5.41) is 0. The molecule has 25 heavy (non-hydrogen) atoms. The van der Waals surface area contributed by atoms with E-state index in [-0.39, 0.29) is 18.2 Å². The normalized spacial score (nSPS) is 21.8. The van der Waals surface area contributed by atoms with E-state index in [4.69, 9.17) is 10.5 Å². The van der Waals surface area contributed by atoms with Crippen LogP contribution in [0.5, 0.6) is 0 Å². The number of ether oxygens (including phenoxy) is 1. The van der Waals surface area contributed by atoms with Gasteiger partial charge in [0.25, 0.3) is 0 Å². The maximum atomic E-state index is 12.6. The topological polar surface area (TPSA) is 55.6 Å². The molecule has 0 saturated carbocycles. The van der Waals surface area contributed by atoms with Gasteiger partial charge in [-0.25, -0.2) is 4.79 Å². The number of nitrogens with zero attached hydrogens (tertiary/aromatic N) is 1. The Hall–Kier alpha value is -2.75. The van der Waals surface area contributed by atoms with Crippen molar-refractivity contribution < 1.29 is 9.53 Å². The van der Waals surface area contributed by atoms with E-state index in [0.29, 0.717) is 6.61 Å². The summed E-state index contributed by atoms with van der Waals surface area (Å²) < 4.78 is 5.55. The second-order valence-corrected chi connectivity index (χ2v) is 6.73. The minimum atomic E-state index is -0.215. The molecule has 2 aliphatic rings. The molecule has 0 radical (unpaired) electrons. The summed E-state index contributed by atoms with van der Waals surface area (Å²) in [4.78, 5) is 14.5. The van der Waals surface area contributed by atoms with Crippen LogP contribution in [-0.4, -0.2) is 23.1 Å². The Morgan fingerprint density at radius 2 is 1.84 bits per heavy atom. The Kier molecular flexibility index (Phi) is 4.18. The van der Waals surface area contributed by atoms with Gasteiger partial charge in [-0.2, -0.15) is 0 Å². The number of hydrogen-bond acceptors (Lipinski definition) is 3. The molecule has 1 saturated heterocycles. The van der Waals surface area contributed by atoms with Crippen molar-refractivity contribution in [3.8, 4) is 0 Å². The standard InChI is InChI=1S/C21H22N2O2/c22-20-9-5-4-8-19(20)16-12-17-10-11-18(13-16)23(17)21(24)25-14-15-6-2-1-3-7-15/h1-9,12,17-18H,10-11,13-14,22H2. The lowest BCUT2D eigenvalue weighted by molar-refractivity contribution is 0.0832. The third kappa shape index (κ3) is 3.12.